The van der Waals surface area contributed by atoms with Crippen LogP contribution in [0, 0.1) is 0 Å². The van der Waals surface area contributed by atoms with Gasteiger partial charge < -0.3 is 25.8 Å². The molecule has 0 bridgehead atoms. The van der Waals surface area contributed by atoms with Gasteiger partial charge in [-0.15, -0.1) is 0 Å². The van der Waals surface area contributed by atoms with Gasteiger partial charge in [-0.3, -0.25) is 4.57 Å². The highest BCUT2D eigenvalue weighted by Gasteiger charge is 2.44. The van der Waals surface area contributed by atoms with Crippen molar-refractivity contribution in [3.8, 4) is 0 Å². The largest absolute Gasteiger partial charge is 0.394 e. The number of rotatable bonds is 6. The van der Waals surface area contributed by atoms with E-state index in [0.29, 0.717) is 17.0 Å². The summed E-state index contributed by atoms with van der Waals surface area (Å²) in [6.45, 7) is 1.72. The predicted octanol–water partition coefficient (Wildman–Crippen LogP) is 0.223. The van der Waals surface area contributed by atoms with Crippen molar-refractivity contribution in [2.75, 3.05) is 12.3 Å². The second-order valence-corrected chi connectivity index (χ2v) is 6.06. The average molecular weight is 349 g/mol. The summed E-state index contributed by atoms with van der Waals surface area (Å²) >= 11 is 0. The minimum Gasteiger partial charge on any atom is -0.394 e. The Morgan fingerprint density at radius 3 is 2.80 bits per heavy atom. The number of hydrogen-bond acceptors (Lipinski definition) is 8. The van der Waals surface area contributed by atoms with E-state index >= 15 is 0 Å². The van der Waals surface area contributed by atoms with E-state index in [9.17, 15) is 15.3 Å². The number of aliphatic hydroxyl groups is 3. The fraction of sp³-hybridized carbons (Fsp3) is 0.562. The van der Waals surface area contributed by atoms with Crippen LogP contribution in [0.1, 0.15) is 38.2 Å². The number of aliphatic hydroxyl groups excluding tert-OH is 3. The molecule has 3 heterocycles. The number of imidazole rings is 1. The Labute approximate surface area is 144 Å². The lowest BCUT2D eigenvalue weighted by Gasteiger charge is -2.16. The zero-order valence-corrected chi connectivity index (χ0v) is 14.0. The molecule has 0 saturated carbocycles. The maximum atomic E-state index is 10.2. The lowest BCUT2D eigenvalue weighted by atomic mass is 10.1. The molecule has 9 heteroatoms. The maximum Gasteiger partial charge on any atom is 0.168 e. The fourth-order valence-electron chi connectivity index (χ4n) is 2.84. The van der Waals surface area contributed by atoms with Crippen molar-refractivity contribution in [1.29, 1.82) is 0 Å². The molecule has 0 aliphatic carbocycles. The number of aromatic nitrogens is 4. The van der Waals surface area contributed by atoms with Gasteiger partial charge in [-0.2, -0.15) is 0 Å². The van der Waals surface area contributed by atoms with Crippen LogP contribution in [-0.4, -0.2) is 59.8 Å². The van der Waals surface area contributed by atoms with Crippen LogP contribution in [0.3, 0.4) is 0 Å². The molecule has 0 spiro atoms. The molecule has 3 rings (SSSR count). The van der Waals surface area contributed by atoms with Crippen molar-refractivity contribution in [3.05, 3.63) is 18.2 Å². The first-order chi connectivity index (χ1) is 12.1. The molecular weight excluding hydrogens is 326 g/mol. The smallest absolute Gasteiger partial charge is 0.168 e. The van der Waals surface area contributed by atoms with Crippen molar-refractivity contribution in [2.24, 2.45) is 0 Å². The van der Waals surface area contributed by atoms with Crippen LogP contribution in [-0.2, 0) is 4.74 Å². The van der Waals surface area contributed by atoms with E-state index in [1.54, 1.807) is 6.08 Å². The van der Waals surface area contributed by atoms with Crippen LogP contribution in [0.15, 0.2) is 12.4 Å². The molecule has 1 aliphatic heterocycles. The molecule has 9 nitrogen and oxygen atoms in total. The molecule has 25 heavy (non-hydrogen) atoms. The maximum absolute atomic E-state index is 10.2. The molecule has 0 radical (unpaired) electrons. The van der Waals surface area contributed by atoms with Gasteiger partial charge in [-0.05, 0) is 12.5 Å². The van der Waals surface area contributed by atoms with Crippen LogP contribution in [0.5, 0.6) is 0 Å². The number of allylic oxidation sites excluding steroid dienone is 1. The van der Waals surface area contributed by atoms with E-state index in [4.69, 9.17) is 10.5 Å². The number of nitrogens with two attached hydrogens (primary N) is 1. The Morgan fingerprint density at radius 2 is 2.12 bits per heavy atom. The summed E-state index contributed by atoms with van der Waals surface area (Å²) in [6, 6.07) is 0. The van der Waals surface area contributed by atoms with Crippen molar-refractivity contribution >= 4 is 23.1 Å². The van der Waals surface area contributed by atoms with Gasteiger partial charge in [-0.25, -0.2) is 15.0 Å². The summed E-state index contributed by atoms with van der Waals surface area (Å²) in [4.78, 5) is 12.8. The summed E-state index contributed by atoms with van der Waals surface area (Å²) in [5.74, 6) is 0.667. The third kappa shape index (κ3) is 3.36. The first-order valence-electron chi connectivity index (χ1n) is 8.35. The normalized spacial score (nSPS) is 26.9. The number of ether oxygens (including phenoxy) is 1. The van der Waals surface area contributed by atoms with Gasteiger partial charge in [0.2, 0.25) is 0 Å². The second-order valence-electron chi connectivity index (χ2n) is 6.06. The minimum absolute atomic E-state index is 0.227. The number of nitrogens with zero attached hydrogens (tertiary/aromatic N) is 4. The fourth-order valence-corrected chi connectivity index (χ4v) is 2.84. The zero-order chi connectivity index (χ0) is 18.0. The number of anilines is 1. The standard InChI is InChI=1S/C16H23N5O4/c1-2-3-4-5-6-10-19-14(17)11-15(20-10)21(8-18-11)16-13(24)12(23)9(7-22)25-16/h5-6,8-9,12-13,16,22-24H,2-4,7H2,1H3,(H2,17,19,20)/b6-5-/t9-,12-,13-,16-/m1/s1. The lowest BCUT2D eigenvalue weighted by Crippen LogP contribution is -2.33. The SMILES string of the molecule is CCCC/C=C\c1nc(N)c2ncn([C@@H]3O[C@H](CO)[C@@H](O)[C@H]3O)c2n1. The first kappa shape index (κ1) is 17.7. The van der Waals surface area contributed by atoms with Crippen LogP contribution in [0.2, 0.25) is 0 Å². The molecule has 2 aromatic heterocycles. The number of fused-ring (bicyclic) bond motifs is 1. The van der Waals surface area contributed by atoms with Crippen molar-refractivity contribution in [1.82, 2.24) is 19.5 Å². The Bertz CT molecular complexity index is 762. The number of nitrogen functional groups attached to an aromatic ring is 1. The highest BCUT2D eigenvalue weighted by Crippen LogP contribution is 2.32. The number of hydrogen-bond donors (Lipinski definition) is 4. The van der Waals surface area contributed by atoms with Gasteiger partial charge in [0, 0.05) is 0 Å². The first-order valence-corrected chi connectivity index (χ1v) is 8.35. The van der Waals surface area contributed by atoms with Crippen LogP contribution in [0.25, 0.3) is 17.2 Å². The zero-order valence-electron chi connectivity index (χ0n) is 14.0. The van der Waals surface area contributed by atoms with E-state index in [1.165, 1.54) is 10.9 Å². The van der Waals surface area contributed by atoms with E-state index in [2.05, 4.69) is 21.9 Å². The molecule has 1 fully saturated rings. The third-order valence-electron chi connectivity index (χ3n) is 4.25. The molecule has 1 saturated heterocycles. The van der Waals surface area contributed by atoms with Gasteiger partial charge in [0.1, 0.15) is 23.8 Å². The topological polar surface area (TPSA) is 140 Å². The van der Waals surface area contributed by atoms with Crippen LogP contribution < -0.4 is 5.73 Å². The van der Waals surface area contributed by atoms with E-state index in [-0.39, 0.29) is 5.82 Å². The number of unbranched alkanes of at least 4 members (excludes halogenated alkanes) is 2. The third-order valence-corrected chi connectivity index (χ3v) is 4.25. The van der Waals surface area contributed by atoms with Gasteiger partial charge in [0.25, 0.3) is 0 Å². The van der Waals surface area contributed by atoms with Gasteiger partial charge in [-0.1, -0.05) is 25.8 Å². The molecule has 136 valence electrons. The average Bonchev–Trinajstić information content (AvgIpc) is 3.14. The quantitative estimate of drug-likeness (QED) is 0.543. The Balaban J connectivity index is 1.94. The molecule has 1 aliphatic rings. The second kappa shape index (κ2) is 7.44. The Kier molecular flexibility index (Phi) is 5.28. The van der Waals surface area contributed by atoms with Crippen molar-refractivity contribution in [3.63, 3.8) is 0 Å². The molecule has 5 N–H and O–H groups in total. The van der Waals surface area contributed by atoms with Gasteiger partial charge >= 0.3 is 0 Å². The highest BCUT2D eigenvalue weighted by molar-refractivity contribution is 5.82. The Hall–Kier alpha value is -2.07. The predicted molar refractivity (Wildman–Crippen MR) is 91.3 cm³/mol. The van der Waals surface area contributed by atoms with Gasteiger partial charge in [0.15, 0.2) is 23.5 Å². The van der Waals surface area contributed by atoms with Crippen LogP contribution >= 0.6 is 0 Å². The summed E-state index contributed by atoms with van der Waals surface area (Å²) in [5.41, 5.74) is 6.75. The van der Waals surface area contributed by atoms with Crippen molar-refractivity contribution < 1.29 is 20.1 Å². The molecule has 2 aromatic rings. The molecule has 4 atom stereocenters. The summed E-state index contributed by atoms with van der Waals surface area (Å²) in [5, 5.41) is 29.4. The monoisotopic (exact) mass is 349 g/mol. The lowest BCUT2D eigenvalue weighted by molar-refractivity contribution is -0.0511. The van der Waals surface area contributed by atoms with E-state index < -0.39 is 31.1 Å². The Morgan fingerprint density at radius 1 is 1.32 bits per heavy atom. The minimum atomic E-state index is -1.21. The summed E-state index contributed by atoms with van der Waals surface area (Å²) < 4.78 is 7.03. The van der Waals surface area contributed by atoms with Crippen molar-refractivity contribution in [2.45, 2.75) is 50.7 Å². The van der Waals surface area contributed by atoms with E-state index in [1.807, 2.05) is 6.08 Å². The summed E-state index contributed by atoms with van der Waals surface area (Å²) in [6.07, 6.45) is 4.12. The molecule has 0 unspecified atom stereocenters. The molecular formula is C16H23N5O4. The summed E-state index contributed by atoms with van der Waals surface area (Å²) in [7, 11) is 0. The van der Waals surface area contributed by atoms with E-state index in [0.717, 1.165) is 19.3 Å². The van der Waals surface area contributed by atoms with Crippen LogP contribution in [0.4, 0.5) is 5.82 Å². The van der Waals surface area contributed by atoms with Gasteiger partial charge in [0.05, 0.1) is 12.9 Å². The molecule has 0 aromatic carbocycles. The molecule has 0 amide bonds. The highest BCUT2D eigenvalue weighted by atomic mass is 16.6.